The van der Waals surface area contributed by atoms with Crippen molar-refractivity contribution in [1.82, 2.24) is 0 Å². The summed E-state index contributed by atoms with van der Waals surface area (Å²) in [5.74, 6) is 2.05. The summed E-state index contributed by atoms with van der Waals surface area (Å²) in [6.45, 7) is 9.62. The van der Waals surface area contributed by atoms with Crippen molar-refractivity contribution in [1.29, 1.82) is 0 Å². The van der Waals surface area contributed by atoms with Crippen molar-refractivity contribution >= 4 is 0 Å². The average Bonchev–Trinajstić information content (AvgIpc) is 2.27. The van der Waals surface area contributed by atoms with Crippen LogP contribution in [0.1, 0.15) is 79.1 Å². The minimum atomic E-state index is 0.568. The highest BCUT2D eigenvalue weighted by Crippen LogP contribution is 2.39. The molecule has 1 atom stereocenters. The van der Waals surface area contributed by atoms with Crippen LogP contribution in [0.4, 0.5) is 0 Å². The fourth-order valence-corrected chi connectivity index (χ4v) is 3.10. The minimum Gasteiger partial charge on any atom is -0.0651 e. The Morgan fingerprint density at radius 2 is 1.67 bits per heavy atom. The molecule has 1 saturated carbocycles. The quantitative estimate of drug-likeness (QED) is 0.568. The monoisotopic (exact) mass is 210 g/mol. The second-order valence-electron chi connectivity index (χ2n) is 6.29. The molecule has 1 rings (SSSR count). The zero-order valence-electron chi connectivity index (χ0n) is 11.3. The normalized spacial score (nSPS) is 21.6. The van der Waals surface area contributed by atoms with Gasteiger partial charge in [-0.2, -0.15) is 0 Å². The standard InChI is InChI=1S/C15H30/c1-5-13(12-15(3,4)6-2)14-10-8-7-9-11-14/h13-14H,5-12H2,1-4H3/t13-/m1/s1. The fraction of sp³-hybridized carbons (Fsp3) is 1.00. The predicted molar refractivity (Wildman–Crippen MR) is 69.0 cm³/mol. The predicted octanol–water partition coefficient (Wildman–Crippen LogP) is 5.42. The third-order valence-corrected chi connectivity index (χ3v) is 4.61. The molecule has 0 spiro atoms. The van der Waals surface area contributed by atoms with E-state index in [9.17, 15) is 0 Å². The van der Waals surface area contributed by atoms with Crippen LogP contribution in [0.2, 0.25) is 0 Å². The highest BCUT2D eigenvalue weighted by molar-refractivity contribution is 4.78. The Labute approximate surface area is 96.8 Å². The summed E-state index contributed by atoms with van der Waals surface area (Å²) in [6, 6.07) is 0. The molecule has 0 bridgehead atoms. The van der Waals surface area contributed by atoms with Gasteiger partial charge >= 0.3 is 0 Å². The highest BCUT2D eigenvalue weighted by atomic mass is 14.3. The number of hydrogen-bond acceptors (Lipinski definition) is 0. The van der Waals surface area contributed by atoms with Gasteiger partial charge in [-0.25, -0.2) is 0 Å². The molecule has 15 heavy (non-hydrogen) atoms. The number of rotatable bonds is 5. The maximum absolute atomic E-state index is 2.44. The van der Waals surface area contributed by atoms with Gasteiger partial charge in [-0.1, -0.05) is 72.6 Å². The van der Waals surface area contributed by atoms with Gasteiger partial charge in [0.1, 0.15) is 0 Å². The van der Waals surface area contributed by atoms with Gasteiger partial charge in [0.2, 0.25) is 0 Å². The Bertz CT molecular complexity index is 163. The van der Waals surface area contributed by atoms with Crippen LogP contribution in [0.15, 0.2) is 0 Å². The largest absolute Gasteiger partial charge is 0.0651 e. The molecule has 0 heterocycles. The van der Waals surface area contributed by atoms with Gasteiger partial charge in [-0.15, -0.1) is 0 Å². The van der Waals surface area contributed by atoms with E-state index < -0.39 is 0 Å². The Kier molecular flexibility index (Phi) is 5.15. The molecule has 0 nitrogen and oxygen atoms in total. The average molecular weight is 210 g/mol. The SMILES string of the molecule is CC[C@H](CC(C)(C)CC)C1CCCCC1. The van der Waals surface area contributed by atoms with E-state index in [1.165, 1.54) is 51.4 Å². The van der Waals surface area contributed by atoms with Crippen molar-refractivity contribution in [2.24, 2.45) is 17.3 Å². The van der Waals surface area contributed by atoms with E-state index in [-0.39, 0.29) is 0 Å². The Hall–Kier alpha value is 0. The zero-order valence-corrected chi connectivity index (χ0v) is 11.3. The topological polar surface area (TPSA) is 0 Å². The zero-order chi connectivity index (χ0) is 11.3. The lowest BCUT2D eigenvalue weighted by Gasteiger charge is -2.35. The highest BCUT2D eigenvalue weighted by Gasteiger charge is 2.27. The lowest BCUT2D eigenvalue weighted by atomic mass is 9.71. The van der Waals surface area contributed by atoms with Crippen LogP contribution >= 0.6 is 0 Å². The van der Waals surface area contributed by atoms with Crippen molar-refractivity contribution < 1.29 is 0 Å². The first-order chi connectivity index (χ1) is 7.09. The Balaban J connectivity index is 2.46. The molecule has 0 aromatic carbocycles. The lowest BCUT2D eigenvalue weighted by molar-refractivity contribution is 0.163. The van der Waals surface area contributed by atoms with Gasteiger partial charge in [0.15, 0.2) is 0 Å². The molecule has 0 aromatic heterocycles. The molecule has 1 fully saturated rings. The molecule has 0 unspecified atom stereocenters. The van der Waals surface area contributed by atoms with Crippen molar-refractivity contribution in [2.45, 2.75) is 79.1 Å². The van der Waals surface area contributed by atoms with Crippen molar-refractivity contribution in [2.75, 3.05) is 0 Å². The van der Waals surface area contributed by atoms with Gasteiger partial charge in [-0.3, -0.25) is 0 Å². The van der Waals surface area contributed by atoms with Crippen LogP contribution in [0.3, 0.4) is 0 Å². The maximum atomic E-state index is 2.44. The minimum absolute atomic E-state index is 0.568. The second-order valence-corrected chi connectivity index (χ2v) is 6.29. The summed E-state index contributed by atoms with van der Waals surface area (Å²) in [4.78, 5) is 0. The molecule has 1 aliphatic rings. The summed E-state index contributed by atoms with van der Waals surface area (Å²) < 4.78 is 0. The molecule has 0 radical (unpaired) electrons. The molecular weight excluding hydrogens is 180 g/mol. The van der Waals surface area contributed by atoms with E-state index in [2.05, 4.69) is 27.7 Å². The van der Waals surface area contributed by atoms with Gasteiger partial charge in [0.25, 0.3) is 0 Å². The van der Waals surface area contributed by atoms with Crippen LogP contribution < -0.4 is 0 Å². The molecule has 90 valence electrons. The summed E-state index contributed by atoms with van der Waals surface area (Å²) in [5, 5.41) is 0. The van der Waals surface area contributed by atoms with E-state index in [4.69, 9.17) is 0 Å². The van der Waals surface area contributed by atoms with Crippen LogP contribution in [-0.4, -0.2) is 0 Å². The van der Waals surface area contributed by atoms with Crippen LogP contribution in [0.5, 0.6) is 0 Å². The van der Waals surface area contributed by atoms with Crippen LogP contribution in [0, 0.1) is 17.3 Å². The molecule has 0 N–H and O–H groups in total. The molecule has 0 aromatic rings. The summed E-state index contributed by atoms with van der Waals surface area (Å²) >= 11 is 0. The first-order valence-corrected chi connectivity index (χ1v) is 7.09. The van der Waals surface area contributed by atoms with Crippen LogP contribution in [0.25, 0.3) is 0 Å². The first-order valence-electron chi connectivity index (χ1n) is 7.09. The third kappa shape index (κ3) is 4.17. The van der Waals surface area contributed by atoms with E-state index >= 15 is 0 Å². The molecular formula is C15H30. The molecule has 0 aliphatic heterocycles. The Morgan fingerprint density at radius 1 is 1.07 bits per heavy atom. The second kappa shape index (κ2) is 5.92. The van der Waals surface area contributed by atoms with Gasteiger partial charge < -0.3 is 0 Å². The van der Waals surface area contributed by atoms with Crippen molar-refractivity contribution in [3.8, 4) is 0 Å². The van der Waals surface area contributed by atoms with E-state index in [1.807, 2.05) is 0 Å². The van der Waals surface area contributed by atoms with E-state index in [1.54, 1.807) is 0 Å². The molecule has 0 saturated heterocycles. The first kappa shape index (κ1) is 13.1. The van der Waals surface area contributed by atoms with Gasteiger partial charge in [-0.05, 0) is 23.7 Å². The van der Waals surface area contributed by atoms with Crippen molar-refractivity contribution in [3.63, 3.8) is 0 Å². The smallest absolute Gasteiger partial charge is 0.0354 e. The summed E-state index contributed by atoms with van der Waals surface area (Å²) in [6.07, 6.45) is 11.7. The molecule has 0 heteroatoms. The van der Waals surface area contributed by atoms with Crippen molar-refractivity contribution in [3.05, 3.63) is 0 Å². The summed E-state index contributed by atoms with van der Waals surface area (Å²) in [7, 11) is 0. The van der Waals surface area contributed by atoms with E-state index in [0.29, 0.717) is 5.41 Å². The summed E-state index contributed by atoms with van der Waals surface area (Å²) in [5.41, 5.74) is 0.568. The third-order valence-electron chi connectivity index (χ3n) is 4.61. The Morgan fingerprint density at radius 3 is 2.13 bits per heavy atom. The number of hydrogen-bond donors (Lipinski definition) is 0. The van der Waals surface area contributed by atoms with Gasteiger partial charge in [0, 0.05) is 0 Å². The fourth-order valence-electron chi connectivity index (χ4n) is 3.10. The van der Waals surface area contributed by atoms with E-state index in [0.717, 1.165) is 11.8 Å². The molecule has 1 aliphatic carbocycles. The molecule has 0 amide bonds. The maximum Gasteiger partial charge on any atom is -0.0354 e. The van der Waals surface area contributed by atoms with Crippen LogP contribution in [-0.2, 0) is 0 Å². The lowest BCUT2D eigenvalue weighted by Crippen LogP contribution is -2.23. The van der Waals surface area contributed by atoms with Gasteiger partial charge in [0.05, 0.1) is 0 Å².